The normalized spacial score (nSPS) is 12.7. The van der Waals surface area contributed by atoms with Gasteiger partial charge in [-0.25, -0.2) is 8.78 Å². The van der Waals surface area contributed by atoms with E-state index in [1.807, 2.05) is 20.8 Å². The Morgan fingerprint density at radius 3 is 2.21 bits per heavy atom. The number of nitrogens with zero attached hydrogens (tertiary/aromatic N) is 1. The fourth-order valence-corrected chi connectivity index (χ4v) is 4.85. The van der Waals surface area contributed by atoms with Gasteiger partial charge >= 0.3 is 0 Å². The van der Waals surface area contributed by atoms with Gasteiger partial charge in [-0.1, -0.05) is 20.8 Å². The number of thioether (sulfide) groups is 1. The van der Waals surface area contributed by atoms with Crippen LogP contribution in [0.3, 0.4) is 0 Å². The van der Waals surface area contributed by atoms with Crippen molar-refractivity contribution >= 4 is 23.6 Å². The number of rotatable bonds is 16. The van der Waals surface area contributed by atoms with Gasteiger partial charge in [0.15, 0.2) is 0 Å². The quantitative estimate of drug-likeness (QED) is 0.267. The number of hydrogen-bond acceptors (Lipinski definition) is 5. The Hall–Kier alpha value is -2.49. The second-order valence-corrected chi connectivity index (χ2v) is 10.8. The third-order valence-electron chi connectivity index (χ3n) is 6.00. The highest BCUT2D eigenvalue weighted by atomic mass is 32.2. The van der Waals surface area contributed by atoms with Crippen molar-refractivity contribution in [3.63, 3.8) is 0 Å². The van der Waals surface area contributed by atoms with Crippen molar-refractivity contribution in [2.45, 2.75) is 59.1 Å². The molecule has 0 aliphatic heterocycles. The number of aliphatic hydroxyl groups excluding tert-OH is 1. The Morgan fingerprint density at radius 1 is 0.974 bits per heavy atom. The summed E-state index contributed by atoms with van der Waals surface area (Å²) >= 11 is 1.77. The molecule has 0 heterocycles. The first-order chi connectivity index (χ1) is 18.2. The van der Waals surface area contributed by atoms with E-state index in [4.69, 9.17) is 0 Å². The van der Waals surface area contributed by atoms with Crippen molar-refractivity contribution in [1.82, 2.24) is 15.5 Å². The van der Waals surface area contributed by atoms with Gasteiger partial charge in [-0.15, -0.1) is 0 Å². The molecule has 0 aliphatic rings. The maximum Gasteiger partial charge on any atom is 0.253 e. The lowest BCUT2D eigenvalue weighted by atomic mass is 9.99. The fraction of sp³-hybridized carbons (Fsp3) is 0.517. The van der Waals surface area contributed by atoms with Gasteiger partial charge in [-0.05, 0) is 73.4 Å². The number of halogens is 2. The van der Waals surface area contributed by atoms with Crippen molar-refractivity contribution in [3.05, 3.63) is 70.3 Å². The number of carbonyl (C=O) groups is 2. The van der Waals surface area contributed by atoms with E-state index in [1.54, 1.807) is 34.9 Å². The highest BCUT2D eigenvalue weighted by molar-refractivity contribution is 7.99. The summed E-state index contributed by atoms with van der Waals surface area (Å²) in [5.74, 6) is -0.179. The first-order valence-corrected chi connectivity index (χ1v) is 14.5. The van der Waals surface area contributed by atoms with Crippen molar-refractivity contribution in [2.24, 2.45) is 0 Å². The van der Waals surface area contributed by atoms with Crippen molar-refractivity contribution in [3.8, 4) is 0 Å². The molecule has 9 heteroatoms. The summed E-state index contributed by atoms with van der Waals surface area (Å²) in [5, 5.41) is 16.9. The van der Waals surface area contributed by atoms with Crippen LogP contribution in [0.25, 0.3) is 0 Å². The molecule has 3 N–H and O–H groups in total. The third-order valence-corrected chi connectivity index (χ3v) is 6.90. The minimum atomic E-state index is -1.01. The van der Waals surface area contributed by atoms with Gasteiger partial charge in [0.1, 0.15) is 11.6 Å². The number of amides is 2. The molecule has 2 aromatic rings. The molecular weight excluding hydrogens is 508 g/mol. The van der Waals surface area contributed by atoms with Gasteiger partial charge in [-0.3, -0.25) is 9.59 Å². The van der Waals surface area contributed by atoms with E-state index in [9.17, 15) is 23.5 Å². The second kappa shape index (κ2) is 16.5. The summed E-state index contributed by atoms with van der Waals surface area (Å²) in [6.45, 7) is 10.1. The molecule has 0 spiro atoms. The van der Waals surface area contributed by atoms with Crippen LogP contribution < -0.4 is 10.6 Å². The molecule has 2 rings (SSSR count). The number of benzene rings is 2. The van der Waals surface area contributed by atoms with Gasteiger partial charge in [0.05, 0.1) is 12.1 Å². The molecule has 0 radical (unpaired) electrons. The Bertz CT molecular complexity index is 1030. The largest absolute Gasteiger partial charge is 0.390 e. The van der Waals surface area contributed by atoms with E-state index >= 15 is 0 Å². The Kier molecular flexibility index (Phi) is 13.7. The van der Waals surface area contributed by atoms with Crippen molar-refractivity contribution in [2.75, 3.05) is 37.7 Å². The summed E-state index contributed by atoms with van der Waals surface area (Å²) in [5.41, 5.74) is 1.80. The van der Waals surface area contributed by atoms with Crippen LogP contribution in [0.4, 0.5) is 8.78 Å². The van der Waals surface area contributed by atoms with Crippen LogP contribution in [0.15, 0.2) is 36.4 Å². The first-order valence-electron chi connectivity index (χ1n) is 13.3. The predicted molar refractivity (Wildman–Crippen MR) is 151 cm³/mol. The number of hydrogen-bond donors (Lipinski definition) is 3. The molecule has 0 bridgehead atoms. The topological polar surface area (TPSA) is 81.7 Å². The molecule has 2 amide bonds. The van der Waals surface area contributed by atoms with E-state index in [1.165, 1.54) is 12.1 Å². The van der Waals surface area contributed by atoms with Crippen LogP contribution in [-0.2, 0) is 6.42 Å². The molecule has 0 saturated heterocycles. The van der Waals surface area contributed by atoms with E-state index in [0.29, 0.717) is 30.8 Å². The van der Waals surface area contributed by atoms with E-state index < -0.39 is 29.7 Å². The minimum absolute atomic E-state index is 0.0331. The zero-order valence-corrected chi connectivity index (χ0v) is 23.7. The Morgan fingerprint density at radius 2 is 1.61 bits per heavy atom. The van der Waals surface area contributed by atoms with Gasteiger partial charge < -0.3 is 20.6 Å². The van der Waals surface area contributed by atoms with Gasteiger partial charge in [0.2, 0.25) is 0 Å². The molecule has 2 atom stereocenters. The summed E-state index contributed by atoms with van der Waals surface area (Å²) in [6, 6.07) is 7.37. The molecule has 0 aromatic heterocycles. The second-order valence-electron chi connectivity index (χ2n) is 9.41. The zero-order chi connectivity index (χ0) is 28.1. The fourth-order valence-electron chi connectivity index (χ4n) is 4.27. The molecule has 38 heavy (non-hydrogen) atoms. The summed E-state index contributed by atoms with van der Waals surface area (Å²) in [6.07, 6.45) is 0.685. The van der Waals surface area contributed by atoms with Crippen LogP contribution >= 0.6 is 11.8 Å². The SMILES string of the molecule is CCCN(CCC)C(=O)c1cc(C)cc(C(=O)N[C@@H](Cc2cc(F)cc(F)c2)[C@H](O)CNCCSCC)c1. The lowest BCUT2D eigenvalue weighted by molar-refractivity contribution is 0.0755. The average Bonchev–Trinajstić information content (AvgIpc) is 2.86. The van der Waals surface area contributed by atoms with Crippen molar-refractivity contribution in [1.29, 1.82) is 0 Å². The predicted octanol–water partition coefficient (Wildman–Crippen LogP) is 4.58. The highest BCUT2D eigenvalue weighted by Gasteiger charge is 2.24. The van der Waals surface area contributed by atoms with Crippen molar-refractivity contribution < 1.29 is 23.5 Å². The van der Waals surface area contributed by atoms with E-state index in [2.05, 4.69) is 17.6 Å². The third kappa shape index (κ3) is 10.3. The number of aliphatic hydroxyl groups is 1. The highest BCUT2D eigenvalue weighted by Crippen LogP contribution is 2.16. The average molecular weight is 550 g/mol. The van der Waals surface area contributed by atoms with E-state index in [0.717, 1.165) is 36.0 Å². The molecule has 0 saturated carbocycles. The minimum Gasteiger partial charge on any atom is -0.390 e. The maximum atomic E-state index is 13.8. The molecule has 0 aliphatic carbocycles. The summed E-state index contributed by atoms with van der Waals surface area (Å²) in [4.78, 5) is 28.3. The van der Waals surface area contributed by atoms with Crippen LogP contribution in [0.5, 0.6) is 0 Å². The molecule has 0 unspecified atom stereocenters. The Balaban J connectivity index is 2.25. The number of carbonyl (C=O) groups excluding carboxylic acids is 2. The zero-order valence-electron chi connectivity index (χ0n) is 22.9. The lowest BCUT2D eigenvalue weighted by Gasteiger charge is -2.25. The van der Waals surface area contributed by atoms with Gasteiger partial charge in [0, 0.05) is 49.1 Å². The summed E-state index contributed by atoms with van der Waals surface area (Å²) in [7, 11) is 0. The molecule has 210 valence electrons. The number of aryl methyl sites for hydroxylation is 1. The monoisotopic (exact) mass is 549 g/mol. The summed E-state index contributed by atoms with van der Waals surface area (Å²) < 4.78 is 27.7. The molecule has 0 fully saturated rings. The molecule has 6 nitrogen and oxygen atoms in total. The maximum absolute atomic E-state index is 13.8. The first kappa shape index (κ1) is 31.7. The van der Waals surface area contributed by atoms with Crippen LogP contribution in [0.1, 0.15) is 65.5 Å². The smallest absolute Gasteiger partial charge is 0.253 e. The molecular formula is C29H41F2N3O3S. The lowest BCUT2D eigenvalue weighted by Crippen LogP contribution is -2.49. The Labute approximate surface area is 229 Å². The van der Waals surface area contributed by atoms with Crippen LogP contribution in [0.2, 0.25) is 0 Å². The standard InChI is InChI=1S/C29H41F2N3O3S/c1-5-9-34(10-6-2)29(37)23-13-20(4)12-22(17-23)28(36)33-26(27(35)19-32-8-11-38-7-3)16-21-14-24(30)18-25(31)15-21/h12-15,17-18,26-27,32,35H,5-11,16,19H2,1-4H3,(H,33,36)/t26-,27+/m0/s1. The van der Waals surface area contributed by atoms with Crippen LogP contribution in [0, 0.1) is 18.6 Å². The number of nitrogens with one attached hydrogen (secondary N) is 2. The molecule has 2 aromatic carbocycles. The van der Waals surface area contributed by atoms with E-state index in [-0.39, 0.29) is 24.4 Å². The van der Waals surface area contributed by atoms with Gasteiger partial charge in [-0.2, -0.15) is 11.8 Å². The van der Waals surface area contributed by atoms with Crippen LogP contribution in [-0.4, -0.2) is 71.7 Å². The van der Waals surface area contributed by atoms with Gasteiger partial charge in [0.25, 0.3) is 11.8 Å².